The Bertz CT molecular complexity index is 364. The smallest absolute Gasteiger partial charge is 0.0210 e. The first-order valence-electron chi connectivity index (χ1n) is 6.76. The fraction of sp³-hybridized carbons (Fsp3) is 0.600. The fourth-order valence-electron chi connectivity index (χ4n) is 3.20. The molecule has 1 aromatic carbocycles. The van der Waals surface area contributed by atoms with Gasteiger partial charge in [0.05, 0.1) is 0 Å². The predicted octanol–water partition coefficient (Wildman–Crippen LogP) is 3.42. The van der Waals surface area contributed by atoms with Gasteiger partial charge in [-0.15, -0.1) is 0 Å². The van der Waals surface area contributed by atoms with Crippen LogP contribution in [0.3, 0.4) is 0 Å². The second-order valence-corrected chi connectivity index (χ2v) is 7.10. The van der Waals surface area contributed by atoms with Gasteiger partial charge >= 0.3 is 0 Å². The molecule has 1 aromatic rings. The highest BCUT2D eigenvalue weighted by Gasteiger charge is 2.35. The lowest BCUT2D eigenvalue weighted by Gasteiger charge is -2.41. The van der Waals surface area contributed by atoms with Gasteiger partial charge in [0.2, 0.25) is 0 Å². The molecular weight excluding hydrogens is 226 g/mol. The van der Waals surface area contributed by atoms with Crippen LogP contribution in [0.5, 0.6) is 0 Å². The molecule has 4 unspecified atom stereocenters. The number of benzene rings is 1. The molecule has 0 radical (unpaired) electrons. The Kier molecular flexibility index (Phi) is 3.44. The number of nitrogens with one attached hydrogen (secondary N) is 1. The normalized spacial score (nSPS) is 37.5. The van der Waals surface area contributed by atoms with Gasteiger partial charge in [-0.05, 0) is 30.7 Å². The van der Waals surface area contributed by atoms with Crippen LogP contribution in [0, 0.1) is 0 Å². The minimum absolute atomic E-state index is 0.774. The second-order valence-electron chi connectivity index (χ2n) is 5.42. The van der Waals surface area contributed by atoms with Crippen molar-refractivity contribution in [2.45, 2.75) is 48.6 Å². The first-order chi connectivity index (χ1) is 8.33. The van der Waals surface area contributed by atoms with Crippen molar-refractivity contribution < 1.29 is 0 Å². The summed E-state index contributed by atoms with van der Waals surface area (Å²) in [5, 5.41) is 5.34. The van der Waals surface area contributed by atoms with E-state index in [-0.39, 0.29) is 0 Å². The van der Waals surface area contributed by atoms with Crippen molar-refractivity contribution in [1.82, 2.24) is 5.32 Å². The third-order valence-electron chi connectivity index (χ3n) is 4.14. The second kappa shape index (κ2) is 5.03. The number of thioether (sulfide) groups is 1. The van der Waals surface area contributed by atoms with E-state index in [4.69, 9.17) is 0 Å². The Balaban J connectivity index is 1.70. The molecule has 2 aliphatic rings. The topological polar surface area (TPSA) is 12.0 Å². The number of rotatable bonds is 1. The van der Waals surface area contributed by atoms with Crippen molar-refractivity contribution in [3.05, 3.63) is 35.9 Å². The molecule has 0 spiro atoms. The Morgan fingerprint density at radius 1 is 1.18 bits per heavy atom. The summed E-state index contributed by atoms with van der Waals surface area (Å²) in [7, 11) is 0. The van der Waals surface area contributed by atoms with E-state index in [0.717, 1.165) is 22.5 Å². The van der Waals surface area contributed by atoms with Crippen molar-refractivity contribution in [3.8, 4) is 0 Å². The highest BCUT2D eigenvalue weighted by Crippen LogP contribution is 2.41. The van der Waals surface area contributed by atoms with Crippen LogP contribution in [0.1, 0.15) is 37.7 Å². The zero-order chi connectivity index (χ0) is 11.7. The van der Waals surface area contributed by atoms with E-state index in [1.54, 1.807) is 5.56 Å². The van der Waals surface area contributed by atoms with Gasteiger partial charge in [-0.25, -0.2) is 0 Å². The van der Waals surface area contributed by atoms with Crippen LogP contribution in [0.4, 0.5) is 0 Å². The molecular formula is C15H21NS. The highest BCUT2D eigenvalue weighted by atomic mass is 32.2. The molecule has 4 atom stereocenters. The summed E-state index contributed by atoms with van der Waals surface area (Å²) < 4.78 is 0. The van der Waals surface area contributed by atoms with Gasteiger partial charge < -0.3 is 5.32 Å². The van der Waals surface area contributed by atoms with E-state index in [9.17, 15) is 0 Å². The van der Waals surface area contributed by atoms with E-state index in [0.29, 0.717) is 0 Å². The average molecular weight is 247 g/mol. The van der Waals surface area contributed by atoms with Gasteiger partial charge in [0.25, 0.3) is 0 Å². The van der Waals surface area contributed by atoms with Gasteiger partial charge in [-0.2, -0.15) is 11.8 Å². The Hall–Kier alpha value is -0.470. The zero-order valence-corrected chi connectivity index (χ0v) is 11.2. The zero-order valence-electron chi connectivity index (χ0n) is 10.4. The molecule has 3 rings (SSSR count). The van der Waals surface area contributed by atoms with Crippen LogP contribution in [-0.4, -0.2) is 23.1 Å². The summed E-state index contributed by atoms with van der Waals surface area (Å²) in [4.78, 5) is 0. The summed E-state index contributed by atoms with van der Waals surface area (Å²) in [5.41, 5.74) is 1.55. The molecule has 1 aliphatic heterocycles. The number of hydrogen-bond donors (Lipinski definition) is 1. The maximum atomic E-state index is 3.72. The quantitative estimate of drug-likeness (QED) is 0.816. The van der Waals surface area contributed by atoms with Crippen LogP contribution in [0.25, 0.3) is 0 Å². The molecule has 0 aromatic heterocycles. The average Bonchev–Trinajstić information content (AvgIpc) is 2.39. The Morgan fingerprint density at radius 2 is 2.00 bits per heavy atom. The Labute approximate surface area is 108 Å². The van der Waals surface area contributed by atoms with Crippen molar-refractivity contribution in [2.24, 2.45) is 0 Å². The molecule has 1 saturated carbocycles. The van der Waals surface area contributed by atoms with E-state index in [2.05, 4.69) is 54.3 Å². The molecule has 92 valence electrons. The fourth-order valence-corrected chi connectivity index (χ4v) is 4.76. The maximum Gasteiger partial charge on any atom is 0.0210 e. The molecule has 1 heterocycles. The molecule has 1 nitrogen and oxygen atoms in total. The predicted molar refractivity (Wildman–Crippen MR) is 75.7 cm³/mol. The molecule has 1 N–H and O–H groups in total. The van der Waals surface area contributed by atoms with E-state index < -0.39 is 0 Å². The molecule has 17 heavy (non-hydrogen) atoms. The third-order valence-corrected chi connectivity index (χ3v) is 5.64. The van der Waals surface area contributed by atoms with Gasteiger partial charge in [-0.3, -0.25) is 0 Å². The standard InChI is InChI=1S/C15H21NS/c1-11-10-16-14-8-7-13(9-15(14)17-11)12-5-3-2-4-6-12/h2-6,11,13-16H,7-10H2,1H3. The molecule has 0 amide bonds. The highest BCUT2D eigenvalue weighted by molar-refractivity contribution is 8.00. The van der Waals surface area contributed by atoms with Crippen molar-refractivity contribution in [1.29, 1.82) is 0 Å². The number of hydrogen-bond acceptors (Lipinski definition) is 2. The van der Waals surface area contributed by atoms with Crippen molar-refractivity contribution >= 4 is 11.8 Å². The lowest BCUT2D eigenvalue weighted by atomic mass is 9.81. The SMILES string of the molecule is CC1CNC2CCC(c3ccccc3)CC2S1. The van der Waals surface area contributed by atoms with Crippen LogP contribution in [-0.2, 0) is 0 Å². The van der Waals surface area contributed by atoms with Gasteiger partial charge in [-0.1, -0.05) is 37.3 Å². The minimum atomic E-state index is 0.774. The summed E-state index contributed by atoms with van der Waals surface area (Å²) in [6.45, 7) is 3.54. The van der Waals surface area contributed by atoms with E-state index >= 15 is 0 Å². The van der Waals surface area contributed by atoms with Crippen LogP contribution >= 0.6 is 11.8 Å². The number of fused-ring (bicyclic) bond motifs is 1. The van der Waals surface area contributed by atoms with E-state index in [1.165, 1.54) is 25.8 Å². The summed E-state index contributed by atoms with van der Waals surface area (Å²) in [5.74, 6) is 0.789. The maximum absolute atomic E-state index is 3.72. The summed E-state index contributed by atoms with van der Waals surface area (Å²) in [6.07, 6.45) is 4.06. The molecule has 1 saturated heterocycles. The molecule has 2 heteroatoms. The van der Waals surface area contributed by atoms with Crippen molar-refractivity contribution in [2.75, 3.05) is 6.54 Å². The largest absolute Gasteiger partial charge is 0.312 e. The monoisotopic (exact) mass is 247 g/mol. The lowest BCUT2D eigenvalue weighted by Crippen LogP contribution is -2.49. The van der Waals surface area contributed by atoms with Gasteiger partial charge in [0, 0.05) is 23.1 Å². The lowest BCUT2D eigenvalue weighted by molar-refractivity contribution is 0.344. The first-order valence-corrected chi connectivity index (χ1v) is 7.71. The minimum Gasteiger partial charge on any atom is -0.312 e. The van der Waals surface area contributed by atoms with Gasteiger partial charge in [0.15, 0.2) is 0 Å². The van der Waals surface area contributed by atoms with Crippen LogP contribution < -0.4 is 5.32 Å². The Morgan fingerprint density at radius 3 is 2.82 bits per heavy atom. The van der Waals surface area contributed by atoms with Crippen LogP contribution in [0.15, 0.2) is 30.3 Å². The molecule has 2 fully saturated rings. The summed E-state index contributed by atoms with van der Waals surface area (Å²) in [6, 6.07) is 11.8. The van der Waals surface area contributed by atoms with Crippen molar-refractivity contribution in [3.63, 3.8) is 0 Å². The van der Waals surface area contributed by atoms with Gasteiger partial charge in [0.1, 0.15) is 0 Å². The van der Waals surface area contributed by atoms with Crippen LogP contribution in [0.2, 0.25) is 0 Å². The third kappa shape index (κ3) is 2.53. The molecule has 1 aliphatic carbocycles. The summed E-state index contributed by atoms with van der Waals surface area (Å²) >= 11 is 2.21. The molecule has 0 bridgehead atoms. The van der Waals surface area contributed by atoms with E-state index in [1.807, 2.05) is 0 Å². The first kappa shape index (κ1) is 11.6.